The lowest BCUT2D eigenvalue weighted by atomic mass is 10.2. The molecule has 3 rings (SSSR count). The lowest BCUT2D eigenvalue weighted by Gasteiger charge is -2.19. The third kappa shape index (κ3) is 2.37. The van der Waals surface area contributed by atoms with Crippen LogP contribution in [0.15, 0.2) is 12.1 Å². The summed E-state index contributed by atoms with van der Waals surface area (Å²) in [5.74, 6) is -1.25. The van der Waals surface area contributed by atoms with Crippen molar-refractivity contribution >= 4 is 16.6 Å². The number of rotatable bonds is 4. The van der Waals surface area contributed by atoms with Crippen molar-refractivity contribution in [2.24, 2.45) is 0 Å². The molecule has 1 aromatic heterocycles. The van der Waals surface area contributed by atoms with Crippen LogP contribution in [0.25, 0.3) is 10.9 Å². The van der Waals surface area contributed by atoms with E-state index in [-0.39, 0.29) is 36.2 Å². The van der Waals surface area contributed by atoms with Gasteiger partial charge in [0.25, 0.3) is 0 Å². The highest BCUT2D eigenvalue weighted by atomic mass is 19.1. The Morgan fingerprint density at radius 2 is 2.05 bits per heavy atom. The number of aromatic nitrogens is 2. The second kappa shape index (κ2) is 4.77. The number of anilines is 1. The van der Waals surface area contributed by atoms with Crippen LogP contribution in [0.1, 0.15) is 18.7 Å². The van der Waals surface area contributed by atoms with Crippen LogP contribution in [0.4, 0.5) is 14.5 Å². The maximum Gasteiger partial charge on any atom is 0.222 e. The molecule has 2 aromatic rings. The van der Waals surface area contributed by atoms with Gasteiger partial charge >= 0.3 is 0 Å². The predicted octanol–water partition coefficient (Wildman–Crippen LogP) is 1.86. The second-order valence-corrected chi connectivity index (χ2v) is 5.31. The summed E-state index contributed by atoms with van der Waals surface area (Å²) in [5, 5.41) is 19.0. The van der Waals surface area contributed by atoms with Gasteiger partial charge in [-0.2, -0.15) is 4.98 Å². The summed E-state index contributed by atoms with van der Waals surface area (Å²) in [6.07, 6.45) is 0.577. The van der Waals surface area contributed by atoms with Gasteiger partial charge in [-0.05, 0) is 25.0 Å². The largest absolute Gasteiger partial charge is 0.493 e. The minimum atomic E-state index is -1.63. The van der Waals surface area contributed by atoms with E-state index in [1.165, 1.54) is 12.1 Å². The van der Waals surface area contributed by atoms with Crippen LogP contribution in [-0.2, 0) is 5.67 Å². The number of hydrogen-bond donors (Lipinski definition) is 2. The highest BCUT2D eigenvalue weighted by molar-refractivity contribution is 5.87. The van der Waals surface area contributed by atoms with Crippen molar-refractivity contribution in [2.75, 3.05) is 25.1 Å². The molecule has 0 radical (unpaired) electrons. The maximum absolute atomic E-state index is 14.2. The van der Waals surface area contributed by atoms with Gasteiger partial charge in [-0.3, -0.25) is 0 Å². The summed E-state index contributed by atoms with van der Waals surface area (Å²) >= 11 is 0. The van der Waals surface area contributed by atoms with E-state index in [4.69, 9.17) is 5.11 Å². The SMILES string of the molecule is CN(CCO)c1cc(F)c2nc(C3(F)CC3)nc(O)c2c1. The molecule has 0 bridgehead atoms. The molecule has 0 saturated heterocycles. The topological polar surface area (TPSA) is 69.5 Å². The highest BCUT2D eigenvalue weighted by Crippen LogP contribution is 2.48. The Hall–Kier alpha value is -2.02. The Morgan fingerprint density at radius 3 is 2.67 bits per heavy atom. The third-order valence-corrected chi connectivity index (χ3v) is 3.68. The first-order valence-electron chi connectivity index (χ1n) is 6.66. The first kappa shape index (κ1) is 13.9. The molecule has 1 aliphatic carbocycles. The molecule has 0 aliphatic heterocycles. The van der Waals surface area contributed by atoms with Gasteiger partial charge in [-0.15, -0.1) is 0 Å². The fourth-order valence-electron chi connectivity index (χ4n) is 2.19. The molecule has 1 aromatic carbocycles. The van der Waals surface area contributed by atoms with E-state index in [0.29, 0.717) is 12.2 Å². The van der Waals surface area contributed by atoms with Gasteiger partial charge in [0.15, 0.2) is 17.3 Å². The molecule has 0 spiro atoms. The predicted molar refractivity (Wildman–Crippen MR) is 73.5 cm³/mol. The van der Waals surface area contributed by atoms with E-state index < -0.39 is 17.4 Å². The minimum absolute atomic E-state index is 0.0814. The summed E-state index contributed by atoms with van der Waals surface area (Å²) in [4.78, 5) is 9.32. The Labute approximate surface area is 119 Å². The van der Waals surface area contributed by atoms with Crippen molar-refractivity contribution in [1.82, 2.24) is 9.97 Å². The van der Waals surface area contributed by atoms with E-state index in [1.54, 1.807) is 11.9 Å². The quantitative estimate of drug-likeness (QED) is 0.901. The molecule has 1 aliphatic rings. The van der Waals surface area contributed by atoms with Crippen LogP contribution in [0.3, 0.4) is 0 Å². The van der Waals surface area contributed by atoms with Crippen LogP contribution in [0, 0.1) is 5.82 Å². The zero-order chi connectivity index (χ0) is 15.2. The molecular weight excluding hydrogens is 280 g/mol. The van der Waals surface area contributed by atoms with E-state index in [9.17, 15) is 13.9 Å². The van der Waals surface area contributed by atoms with Crippen molar-refractivity contribution in [1.29, 1.82) is 0 Å². The molecule has 7 heteroatoms. The Bertz CT molecular complexity index is 704. The van der Waals surface area contributed by atoms with Crippen molar-refractivity contribution in [3.05, 3.63) is 23.8 Å². The van der Waals surface area contributed by atoms with Crippen molar-refractivity contribution in [3.8, 4) is 5.88 Å². The molecule has 1 saturated carbocycles. The van der Waals surface area contributed by atoms with E-state index in [1.807, 2.05) is 0 Å². The number of fused-ring (bicyclic) bond motifs is 1. The number of nitrogens with zero attached hydrogens (tertiary/aromatic N) is 3. The summed E-state index contributed by atoms with van der Waals surface area (Å²) < 4.78 is 28.2. The van der Waals surface area contributed by atoms with Gasteiger partial charge in [0.1, 0.15) is 5.52 Å². The van der Waals surface area contributed by atoms with Gasteiger partial charge in [-0.25, -0.2) is 13.8 Å². The van der Waals surface area contributed by atoms with E-state index in [2.05, 4.69) is 9.97 Å². The van der Waals surface area contributed by atoms with Crippen LogP contribution >= 0.6 is 0 Å². The van der Waals surface area contributed by atoms with Gasteiger partial charge < -0.3 is 15.1 Å². The zero-order valence-corrected chi connectivity index (χ0v) is 11.5. The highest BCUT2D eigenvalue weighted by Gasteiger charge is 2.48. The number of halogens is 2. The van der Waals surface area contributed by atoms with Gasteiger partial charge in [0.05, 0.1) is 12.0 Å². The molecule has 1 fully saturated rings. The number of alkyl halides is 1. The number of likely N-dealkylation sites (N-methyl/N-ethyl adjacent to an activating group) is 1. The first-order chi connectivity index (χ1) is 9.94. The number of aromatic hydroxyl groups is 1. The Morgan fingerprint density at radius 1 is 1.33 bits per heavy atom. The molecule has 21 heavy (non-hydrogen) atoms. The van der Waals surface area contributed by atoms with Crippen LogP contribution in [0.2, 0.25) is 0 Å². The summed E-state index contributed by atoms with van der Waals surface area (Å²) in [6, 6.07) is 2.76. The smallest absolute Gasteiger partial charge is 0.222 e. The summed E-state index contributed by atoms with van der Waals surface area (Å²) in [5.41, 5.74) is -1.26. The molecule has 2 N–H and O–H groups in total. The molecule has 0 atom stereocenters. The average Bonchev–Trinajstić information content (AvgIpc) is 3.19. The fraction of sp³-hybridized carbons (Fsp3) is 0.429. The maximum atomic E-state index is 14.2. The summed E-state index contributed by atoms with van der Waals surface area (Å²) in [7, 11) is 1.68. The van der Waals surface area contributed by atoms with Crippen molar-refractivity contribution < 1.29 is 19.0 Å². The van der Waals surface area contributed by atoms with Crippen molar-refractivity contribution in [3.63, 3.8) is 0 Å². The number of aliphatic hydroxyl groups excluding tert-OH is 1. The number of aliphatic hydroxyl groups is 1. The normalized spacial score (nSPS) is 16.2. The Kier molecular flexibility index (Phi) is 3.16. The number of hydrogen-bond acceptors (Lipinski definition) is 5. The average molecular weight is 295 g/mol. The number of benzene rings is 1. The lowest BCUT2D eigenvalue weighted by Crippen LogP contribution is -2.21. The van der Waals surface area contributed by atoms with Crippen molar-refractivity contribution in [2.45, 2.75) is 18.5 Å². The molecule has 0 amide bonds. The zero-order valence-electron chi connectivity index (χ0n) is 11.5. The van der Waals surface area contributed by atoms with E-state index in [0.717, 1.165) is 0 Å². The van der Waals surface area contributed by atoms with Crippen LogP contribution in [0.5, 0.6) is 5.88 Å². The molecule has 1 heterocycles. The fourth-order valence-corrected chi connectivity index (χ4v) is 2.19. The van der Waals surface area contributed by atoms with Crippen LogP contribution in [-0.4, -0.2) is 40.4 Å². The summed E-state index contributed by atoms with van der Waals surface area (Å²) in [6.45, 7) is 0.236. The molecule has 0 unspecified atom stereocenters. The third-order valence-electron chi connectivity index (χ3n) is 3.68. The van der Waals surface area contributed by atoms with Gasteiger partial charge in [-0.1, -0.05) is 0 Å². The van der Waals surface area contributed by atoms with Gasteiger partial charge in [0, 0.05) is 19.3 Å². The van der Waals surface area contributed by atoms with Crippen LogP contribution < -0.4 is 4.90 Å². The standard InChI is InChI=1S/C14H15F2N3O2/c1-19(4-5-20)8-6-9-11(10(15)7-8)17-13(18-12(9)21)14(16)2-3-14/h6-7,20H,2-5H2,1H3,(H,17,18,21). The molecule has 5 nitrogen and oxygen atoms in total. The lowest BCUT2D eigenvalue weighted by molar-refractivity contribution is 0.297. The molecule has 112 valence electrons. The minimum Gasteiger partial charge on any atom is -0.493 e. The van der Waals surface area contributed by atoms with E-state index >= 15 is 0 Å². The first-order valence-corrected chi connectivity index (χ1v) is 6.66. The molecular formula is C14H15F2N3O2. The Balaban J connectivity index is 2.13. The second-order valence-electron chi connectivity index (χ2n) is 5.31. The van der Waals surface area contributed by atoms with Gasteiger partial charge in [0.2, 0.25) is 5.88 Å². The monoisotopic (exact) mass is 295 g/mol.